The van der Waals surface area contributed by atoms with Crippen molar-refractivity contribution < 1.29 is 19.5 Å². The second-order valence-electron chi connectivity index (χ2n) is 5.09. The van der Waals surface area contributed by atoms with E-state index in [1.54, 1.807) is 24.1 Å². The van der Waals surface area contributed by atoms with Gasteiger partial charge in [0.2, 0.25) is 5.91 Å². The molecule has 6 nitrogen and oxygen atoms in total. The highest BCUT2D eigenvalue weighted by Gasteiger charge is 2.28. The zero-order chi connectivity index (χ0) is 15.4. The lowest BCUT2D eigenvalue weighted by molar-refractivity contribution is -0.125. The summed E-state index contributed by atoms with van der Waals surface area (Å²) in [6, 6.07) is 5.96. The van der Waals surface area contributed by atoms with Crippen molar-refractivity contribution in [3.05, 3.63) is 35.4 Å². The number of nitrogens with zero attached hydrogens (tertiary/aromatic N) is 1. The van der Waals surface area contributed by atoms with Gasteiger partial charge in [-0.05, 0) is 31.0 Å². The molecule has 2 rings (SSSR count). The Bertz CT molecular complexity index is 571. The molecule has 1 aromatic rings. The molecule has 0 aromatic heterocycles. The number of carbonyl (C=O) groups excluding carboxylic acids is 2. The van der Waals surface area contributed by atoms with Gasteiger partial charge in [-0.2, -0.15) is 0 Å². The fourth-order valence-corrected chi connectivity index (χ4v) is 2.55. The Hall–Kier alpha value is -2.37. The molecule has 1 heterocycles. The summed E-state index contributed by atoms with van der Waals surface area (Å²) in [6.45, 7) is 0.958. The van der Waals surface area contributed by atoms with Gasteiger partial charge in [0.1, 0.15) is 0 Å². The van der Waals surface area contributed by atoms with Gasteiger partial charge in [0.05, 0.1) is 11.5 Å². The van der Waals surface area contributed by atoms with Gasteiger partial charge in [0.25, 0.3) is 5.91 Å². The second kappa shape index (κ2) is 6.39. The summed E-state index contributed by atoms with van der Waals surface area (Å²) in [6.07, 6.45) is 1.53. The van der Waals surface area contributed by atoms with Crippen LogP contribution in [0.15, 0.2) is 24.3 Å². The van der Waals surface area contributed by atoms with Crippen LogP contribution in [0.3, 0.4) is 0 Å². The molecule has 0 spiro atoms. The van der Waals surface area contributed by atoms with Crippen LogP contribution in [0, 0.1) is 5.92 Å². The largest absolute Gasteiger partial charge is 0.478 e. The van der Waals surface area contributed by atoms with Crippen molar-refractivity contribution in [2.45, 2.75) is 12.8 Å². The molecule has 0 bridgehead atoms. The highest BCUT2D eigenvalue weighted by Crippen LogP contribution is 2.19. The summed E-state index contributed by atoms with van der Waals surface area (Å²) in [4.78, 5) is 36.7. The molecule has 1 atom stereocenters. The van der Waals surface area contributed by atoms with Crippen molar-refractivity contribution >= 4 is 17.8 Å². The minimum Gasteiger partial charge on any atom is -0.478 e. The maximum atomic E-state index is 12.4. The smallest absolute Gasteiger partial charge is 0.335 e. The summed E-state index contributed by atoms with van der Waals surface area (Å²) in [7, 11) is 1.58. The third-order valence-electron chi connectivity index (χ3n) is 3.68. The summed E-state index contributed by atoms with van der Waals surface area (Å²) in [5, 5.41) is 11.6. The molecule has 112 valence electrons. The van der Waals surface area contributed by atoms with Crippen molar-refractivity contribution in [2.24, 2.45) is 5.92 Å². The number of benzene rings is 1. The Morgan fingerprint density at radius 1 is 1.29 bits per heavy atom. The van der Waals surface area contributed by atoms with E-state index in [-0.39, 0.29) is 23.3 Å². The number of carbonyl (C=O) groups is 3. The van der Waals surface area contributed by atoms with E-state index in [9.17, 15) is 14.4 Å². The van der Waals surface area contributed by atoms with Crippen molar-refractivity contribution in [3.8, 4) is 0 Å². The highest BCUT2D eigenvalue weighted by molar-refractivity contribution is 5.97. The molecule has 0 aliphatic carbocycles. The van der Waals surface area contributed by atoms with E-state index in [0.29, 0.717) is 18.7 Å². The van der Waals surface area contributed by atoms with Crippen molar-refractivity contribution in [1.29, 1.82) is 0 Å². The topological polar surface area (TPSA) is 86.7 Å². The molecule has 0 saturated carbocycles. The minimum atomic E-state index is -1.06. The predicted molar refractivity (Wildman–Crippen MR) is 76.1 cm³/mol. The highest BCUT2D eigenvalue weighted by atomic mass is 16.4. The Balaban J connectivity index is 2.14. The Labute approximate surface area is 122 Å². The van der Waals surface area contributed by atoms with Gasteiger partial charge in [0, 0.05) is 25.7 Å². The number of carboxylic acids is 1. The van der Waals surface area contributed by atoms with E-state index in [0.717, 1.165) is 12.8 Å². The first-order valence-corrected chi connectivity index (χ1v) is 6.87. The number of hydrogen-bond donors (Lipinski definition) is 2. The first kappa shape index (κ1) is 15.0. The van der Waals surface area contributed by atoms with Crippen LogP contribution in [-0.2, 0) is 4.79 Å². The summed E-state index contributed by atoms with van der Waals surface area (Å²) >= 11 is 0. The molecule has 2 N–H and O–H groups in total. The van der Waals surface area contributed by atoms with Gasteiger partial charge < -0.3 is 15.3 Å². The van der Waals surface area contributed by atoms with Crippen LogP contribution < -0.4 is 5.32 Å². The SMILES string of the molecule is CNC(=O)C1CCCN(C(=O)c2cccc(C(=O)O)c2)C1. The Morgan fingerprint density at radius 2 is 2.00 bits per heavy atom. The average molecular weight is 290 g/mol. The molecule has 1 aliphatic rings. The number of amides is 2. The van der Waals surface area contributed by atoms with Gasteiger partial charge in [-0.15, -0.1) is 0 Å². The molecule has 0 radical (unpaired) electrons. The maximum absolute atomic E-state index is 12.4. The molecule has 2 amide bonds. The first-order chi connectivity index (χ1) is 10.0. The van der Waals surface area contributed by atoms with E-state index >= 15 is 0 Å². The zero-order valence-corrected chi connectivity index (χ0v) is 11.8. The zero-order valence-electron chi connectivity index (χ0n) is 11.8. The van der Waals surface area contributed by atoms with Crippen LogP contribution in [0.1, 0.15) is 33.6 Å². The first-order valence-electron chi connectivity index (χ1n) is 6.87. The monoisotopic (exact) mass is 290 g/mol. The van der Waals surface area contributed by atoms with Gasteiger partial charge in [0.15, 0.2) is 0 Å². The number of piperidine rings is 1. The quantitative estimate of drug-likeness (QED) is 0.869. The molecule has 21 heavy (non-hydrogen) atoms. The lowest BCUT2D eigenvalue weighted by atomic mass is 9.96. The number of rotatable bonds is 3. The number of carboxylic acid groups (broad SMARTS) is 1. The van der Waals surface area contributed by atoms with Crippen LogP contribution in [0.2, 0.25) is 0 Å². The molecule has 1 unspecified atom stereocenters. The Kier molecular flexibility index (Phi) is 4.57. The van der Waals surface area contributed by atoms with Crippen molar-refractivity contribution in [2.75, 3.05) is 20.1 Å². The minimum absolute atomic E-state index is 0.0632. The summed E-state index contributed by atoms with van der Waals surface area (Å²) in [5.41, 5.74) is 0.424. The van der Waals surface area contributed by atoms with E-state index in [4.69, 9.17) is 5.11 Å². The fourth-order valence-electron chi connectivity index (χ4n) is 2.55. The molecule has 6 heteroatoms. The van der Waals surface area contributed by atoms with Crippen LogP contribution in [0.4, 0.5) is 0 Å². The van der Waals surface area contributed by atoms with Gasteiger partial charge >= 0.3 is 5.97 Å². The number of likely N-dealkylation sites (tertiary alicyclic amines) is 1. The molecule has 1 aliphatic heterocycles. The van der Waals surface area contributed by atoms with Crippen LogP contribution in [-0.4, -0.2) is 47.9 Å². The number of hydrogen-bond acceptors (Lipinski definition) is 3. The number of nitrogens with one attached hydrogen (secondary N) is 1. The molecular weight excluding hydrogens is 272 g/mol. The fraction of sp³-hybridized carbons (Fsp3) is 0.400. The van der Waals surface area contributed by atoms with Crippen molar-refractivity contribution in [1.82, 2.24) is 10.2 Å². The van der Waals surface area contributed by atoms with Crippen LogP contribution >= 0.6 is 0 Å². The Morgan fingerprint density at radius 3 is 2.67 bits per heavy atom. The average Bonchev–Trinajstić information content (AvgIpc) is 2.53. The van der Waals surface area contributed by atoms with Crippen molar-refractivity contribution in [3.63, 3.8) is 0 Å². The standard InChI is InChI=1S/C15H18N2O4/c1-16-13(18)12-6-3-7-17(9-12)14(19)10-4-2-5-11(8-10)15(20)21/h2,4-5,8,12H,3,6-7,9H2,1H3,(H,16,18)(H,20,21). The lowest BCUT2D eigenvalue weighted by Crippen LogP contribution is -2.44. The summed E-state index contributed by atoms with van der Waals surface area (Å²) < 4.78 is 0. The molecule has 1 fully saturated rings. The third-order valence-corrected chi connectivity index (χ3v) is 3.68. The predicted octanol–water partition coefficient (Wildman–Crippen LogP) is 0.983. The van der Waals surface area contributed by atoms with Gasteiger partial charge in [-0.1, -0.05) is 6.07 Å². The van der Waals surface area contributed by atoms with E-state index < -0.39 is 5.97 Å². The summed E-state index contributed by atoms with van der Waals surface area (Å²) in [5.74, 6) is -1.56. The van der Waals surface area contributed by atoms with Crippen LogP contribution in [0.25, 0.3) is 0 Å². The van der Waals surface area contributed by atoms with Gasteiger partial charge in [-0.3, -0.25) is 9.59 Å². The van der Waals surface area contributed by atoms with Gasteiger partial charge in [-0.25, -0.2) is 4.79 Å². The normalized spacial score (nSPS) is 18.1. The van der Waals surface area contributed by atoms with Crippen LogP contribution in [0.5, 0.6) is 0 Å². The molecular formula is C15H18N2O4. The second-order valence-corrected chi connectivity index (χ2v) is 5.09. The molecule has 1 aromatic carbocycles. The maximum Gasteiger partial charge on any atom is 0.335 e. The van der Waals surface area contributed by atoms with E-state index in [1.807, 2.05) is 0 Å². The third kappa shape index (κ3) is 3.39. The molecule has 1 saturated heterocycles. The number of aromatic carboxylic acids is 1. The lowest BCUT2D eigenvalue weighted by Gasteiger charge is -2.31. The van der Waals surface area contributed by atoms with E-state index in [1.165, 1.54) is 12.1 Å². The van der Waals surface area contributed by atoms with E-state index in [2.05, 4.69) is 5.32 Å².